The van der Waals surface area contributed by atoms with Gasteiger partial charge in [0.05, 0.1) is 5.54 Å². The number of nitrogens with one attached hydrogen (secondary N) is 1. The Kier molecular flexibility index (Phi) is 5.81. The van der Waals surface area contributed by atoms with Crippen LogP contribution < -0.4 is 11.1 Å². The van der Waals surface area contributed by atoms with Gasteiger partial charge in [-0.3, -0.25) is 14.5 Å². The molecule has 2 saturated heterocycles. The molecule has 22 heavy (non-hydrogen) atoms. The number of nitrogens with zero attached hydrogens (tertiary/aromatic N) is 2. The Morgan fingerprint density at radius 3 is 2.27 bits per heavy atom. The molecule has 0 bridgehead atoms. The van der Waals surface area contributed by atoms with E-state index >= 15 is 0 Å². The molecule has 0 spiro atoms. The third kappa shape index (κ3) is 4.20. The molecule has 2 amide bonds. The van der Waals surface area contributed by atoms with Gasteiger partial charge in [-0.1, -0.05) is 0 Å². The van der Waals surface area contributed by atoms with Crippen LogP contribution in [0, 0.1) is 5.92 Å². The number of carbonyl (C=O) groups is 2. The first kappa shape index (κ1) is 17.2. The molecule has 0 aromatic rings. The van der Waals surface area contributed by atoms with Crippen LogP contribution in [-0.4, -0.2) is 66.4 Å². The maximum Gasteiger partial charge on any atom is 0.237 e. The van der Waals surface area contributed by atoms with Crippen molar-refractivity contribution in [1.82, 2.24) is 15.1 Å². The van der Waals surface area contributed by atoms with Crippen molar-refractivity contribution in [3.8, 4) is 0 Å². The van der Waals surface area contributed by atoms with Gasteiger partial charge in [-0.15, -0.1) is 0 Å². The molecule has 0 radical (unpaired) electrons. The SMILES string of the molecule is CC(C)(C(N)=O)N1CCN(C(=O)CCC2CCNCC2)CC1. The molecule has 126 valence electrons. The van der Waals surface area contributed by atoms with Gasteiger partial charge in [-0.05, 0) is 52.1 Å². The van der Waals surface area contributed by atoms with Crippen molar-refractivity contribution < 1.29 is 9.59 Å². The molecular weight excluding hydrogens is 280 g/mol. The summed E-state index contributed by atoms with van der Waals surface area (Å²) >= 11 is 0. The van der Waals surface area contributed by atoms with E-state index in [0.717, 1.165) is 32.6 Å². The lowest BCUT2D eigenvalue weighted by molar-refractivity contribution is -0.136. The summed E-state index contributed by atoms with van der Waals surface area (Å²) in [6.45, 7) is 8.70. The summed E-state index contributed by atoms with van der Waals surface area (Å²) in [5.74, 6) is 0.647. The minimum atomic E-state index is -0.635. The fourth-order valence-electron chi connectivity index (χ4n) is 3.33. The summed E-state index contributed by atoms with van der Waals surface area (Å²) in [4.78, 5) is 27.9. The largest absolute Gasteiger partial charge is 0.368 e. The van der Waals surface area contributed by atoms with Gasteiger partial charge in [0.2, 0.25) is 11.8 Å². The van der Waals surface area contributed by atoms with Gasteiger partial charge in [0.15, 0.2) is 0 Å². The van der Waals surface area contributed by atoms with Crippen molar-refractivity contribution in [2.24, 2.45) is 11.7 Å². The van der Waals surface area contributed by atoms with E-state index in [-0.39, 0.29) is 11.8 Å². The van der Waals surface area contributed by atoms with Gasteiger partial charge in [-0.2, -0.15) is 0 Å². The normalized spacial score (nSPS) is 21.8. The summed E-state index contributed by atoms with van der Waals surface area (Å²) in [6.07, 6.45) is 4.04. The Morgan fingerprint density at radius 2 is 1.73 bits per heavy atom. The van der Waals surface area contributed by atoms with Gasteiger partial charge in [0, 0.05) is 32.6 Å². The van der Waals surface area contributed by atoms with Crippen molar-refractivity contribution in [2.75, 3.05) is 39.3 Å². The standard InChI is InChI=1S/C16H30N4O2/c1-16(2,15(17)22)20-11-9-19(10-12-20)14(21)4-3-13-5-7-18-8-6-13/h13,18H,3-12H2,1-2H3,(H2,17,22). The number of rotatable bonds is 5. The van der Waals surface area contributed by atoms with E-state index in [1.165, 1.54) is 12.8 Å². The monoisotopic (exact) mass is 310 g/mol. The predicted octanol–water partition coefficient (Wildman–Crippen LogP) is 0.174. The lowest BCUT2D eigenvalue weighted by Crippen LogP contribution is -2.60. The Balaban J connectivity index is 1.74. The number of primary amides is 1. The van der Waals surface area contributed by atoms with E-state index in [1.54, 1.807) is 0 Å². The first-order valence-electron chi connectivity index (χ1n) is 8.44. The van der Waals surface area contributed by atoms with Crippen LogP contribution in [0.2, 0.25) is 0 Å². The fraction of sp³-hybridized carbons (Fsp3) is 0.875. The van der Waals surface area contributed by atoms with Crippen LogP contribution in [0.25, 0.3) is 0 Å². The van der Waals surface area contributed by atoms with Crippen molar-refractivity contribution in [1.29, 1.82) is 0 Å². The fourth-order valence-corrected chi connectivity index (χ4v) is 3.33. The summed E-state index contributed by atoms with van der Waals surface area (Å²) in [5.41, 5.74) is 4.82. The average molecular weight is 310 g/mol. The number of nitrogens with two attached hydrogens (primary N) is 1. The molecule has 0 unspecified atom stereocenters. The predicted molar refractivity (Wildman–Crippen MR) is 86.3 cm³/mol. The molecule has 3 N–H and O–H groups in total. The minimum absolute atomic E-state index is 0.259. The smallest absolute Gasteiger partial charge is 0.237 e. The molecule has 0 saturated carbocycles. The third-order valence-corrected chi connectivity index (χ3v) is 5.25. The molecule has 2 aliphatic rings. The number of carbonyl (C=O) groups excluding carboxylic acids is 2. The maximum absolute atomic E-state index is 12.3. The average Bonchev–Trinajstić information content (AvgIpc) is 2.53. The van der Waals surface area contributed by atoms with Crippen molar-refractivity contribution in [3.05, 3.63) is 0 Å². The van der Waals surface area contributed by atoms with E-state index in [1.807, 2.05) is 18.7 Å². The number of hydrogen-bond donors (Lipinski definition) is 2. The molecule has 2 aliphatic heterocycles. The molecule has 0 atom stereocenters. The number of amides is 2. The summed E-state index contributed by atoms with van der Waals surface area (Å²) in [7, 11) is 0. The Labute approximate surface area is 133 Å². The number of hydrogen-bond acceptors (Lipinski definition) is 4. The first-order valence-corrected chi connectivity index (χ1v) is 8.44. The van der Waals surface area contributed by atoms with E-state index in [0.29, 0.717) is 25.4 Å². The summed E-state index contributed by atoms with van der Waals surface area (Å²) in [6, 6.07) is 0. The summed E-state index contributed by atoms with van der Waals surface area (Å²) in [5, 5.41) is 3.36. The van der Waals surface area contributed by atoms with Crippen LogP contribution in [0.5, 0.6) is 0 Å². The zero-order valence-electron chi connectivity index (χ0n) is 13.9. The zero-order valence-corrected chi connectivity index (χ0v) is 13.9. The second-order valence-electron chi connectivity index (χ2n) is 7.02. The minimum Gasteiger partial charge on any atom is -0.368 e. The van der Waals surface area contributed by atoms with Gasteiger partial charge in [-0.25, -0.2) is 0 Å². The van der Waals surface area contributed by atoms with Crippen LogP contribution in [0.3, 0.4) is 0 Å². The first-order chi connectivity index (χ1) is 10.4. The van der Waals surface area contributed by atoms with E-state index < -0.39 is 5.54 Å². The number of piperidine rings is 1. The van der Waals surface area contributed by atoms with Crippen molar-refractivity contribution >= 4 is 11.8 Å². The maximum atomic E-state index is 12.3. The Hall–Kier alpha value is -1.14. The molecule has 0 aromatic carbocycles. The zero-order chi connectivity index (χ0) is 16.2. The van der Waals surface area contributed by atoms with Gasteiger partial charge in [0.25, 0.3) is 0 Å². The Morgan fingerprint density at radius 1 is 1.14 bits per heavy atom. The van der Waals surface area contributed by atoms with Gasteiger partial charge >= 0.3 is 0 Å². The highest BCUT2D eigenvalue weighted by atomic mass is 16.2. The molecule has 2 heterocycles. The molecule has 6 heteroatoms. The van der Waals surface area contributed by atoms with Crippen LogP contribution in [0.4, 0.5) is 0 Å². The third-order valence-electron chi connectivity index (χ3n) is 5.25. The topological polar surface area (TPSA) is 78.7 Å². The van der Waals surface area contributed by atoms with Crippen LogP contribution in [0.1, 0.15) is 39.5 Å². The number of piperazine rings is 1. The van der Waals surface area contributed by atoms with Gasteiger partial charge in [0.1, 0.15) is 0 Å². The van der Waals surface area contributed by atoms with E-state index in [4.69, 9.17) is 5.73 Å². The van der Waals surface area contributed by atoms with Crippen molar-refractivity contribution in [2.45, 2.75) is 45.1 Å². The summed E-state index contributed by atoms with van der Waals surface area (Å²) < 4.78 is 0. The lowest BCUT2D eigenvalue weighted by atomic mass is 9.93. The molecule has 0 aromatic heterocycles. The highest BCUT2D eigenvalue weighted by Crippen LogP contribution is 2.20. The Bertz CT molecular complexity index is 397. The molecule has 2 fully saturated rings. The highest BCUT2D eigenvalue weighted by Gasteiger charge is 2.35. The quantitative estimate of drug-likeness (QED) is 0.759. The molecule has 6 nitrogen and oxygen atoms in total. The van der Waals surface area contributed by atoms with Gasteiger partial charge < -0.3 is 16.0 Å². The molecule has 0 aliphatic carbocycles. The van der Waals surface area contributed by atoms with Crippen LogP contribution in [-0.2, 0) is 9.59 Å². The lowest BCUT2D eigenvalue weighted by Gasteiger charge is -2.42. The van der Waals surface area contributed by atoms with E-state index in [9.17, 15) is 9.59 Å². The van der Waals surface area contributed by atoms with Crippen LogP contribution in [0.15, 0.2) is 0 Å². The second-order valence-corrected chi connectivity index (χ2v) is 7.02. The highest BCUT2D eigenvalue weighted by molar-refractivity contribution is 5.83. The molecule has 2 rings (SSSR count). The second kappa shape index (κ2) is 7.42. The van der Waals surface area contributed by atoms with Crippen molar-refractivity contribution in [3.63, 3.8) is 0 Å². The molecular formula is C16H30N4O2. The van der Waals surface area contributed by atoms with Crippen LogP contribution >= 0.6 is 0 Å². The van der Waals surface area contributed by atoms with E-state index in [2.05, 4.69) is 10.2 Å².